The molecule has 0 saturated carbocycles. The van der Waals surface area contributed by atoms with E-state index in [1.54, 1.807) is 0 Å². The summed E-state index contributed by atoms with van der Waals surface area (Å²) in [6.07, 6.45) is 0. The van der Waals surface area contributed by atoms with Gasteiger partial charge in [-0.3, -0.25) is 0 Å². The number of hydrogen-bond acceptors (Lipinski definition) is 2. The molecule has 0 radical (unpaired) electrons. The van der Waals surface area contributed by atoms with Crippen molar-refractivity contribution in [3.63, 3.8) is 0 Å². The molecule has 0 rings (SSSR count). The zero-order valence-electron chi connectivity index (χ0n) is 9.73. The van der Waals surface area contributed by atoms with Gasteiger partial charge >= 0.3 is 0 Å². The van der Waals surface area contributed by atoms with Gasteiger partial charge in [0.05, 0.1) is 0 Å². The van der Waals surface area contributed by atoms with E-state index >= 15 is 0 Å². The van der Waals surface area contributed by atoms with Crippen molar-refractivity contribution in [3.05, 3.63) is 0 Å². The normalized spacial score (nSPS) is 1.50. The Labute approximate surface area is 125 Å². The minimum Gasteiger partial charge on any atom is -0.344 e. The van der Waals surface area contributed by atoms with Crippen LogP contribution in [-0.4, -0.2) is 0 Å². The van der Waals surface area contributed by atoms with E-state index in [1.807, 2.05) is 55.4 Å². The summed E-state index contributed by atoms with van der Waals surface area (Å²) in [5.41, 5.74) is 0. The third-order valence-electron chi connectivity index (χ3n) is 0. The van der Waals surface area contributed by atoms with Gasteiger partial charge in [-0.1, -0.05) is 92.5 Å². The molecule has 3 heteroatoms. The molecule has 0 aromatic heterocycles. The smallest absolute Gasteiger partial charge is 0 e. The van der Waals surface area contributed by atoms with E-state index in [9.17, 15) is 0 Å². The Morgan fingerprint density at radius 1 is 0.312 bits per heavy atom. The van der Waals surface area contributed by atoms with E-state index in [-0.39, 0.29) is 69.9 Å². The second-order valence-corrected chi connectivity index (χ2v) is 0. The van der Waals surface area contributed by atoms with Crippen molar-refractivity contribution in [2.45, 2.75) is 92.5 Å². The zero-order chi connectivity index (χ0) is 8.00. The molecule has 0 spiro atoms. The van der Waals surface area contributed by atoms with Gasteiger partial charge in [0.1, 0.15) is 0 Å². The first-order valence-corrected chi connectivity index (χ1v) is 4.00. The van der Waals surface area contributed by atoms with Crippen LogP contribution in [-0.2, 0) is 20.4 Å². The Morgan fingerprint density at radius 2 is 0.312 bits per heavy atom. The Bertz CT molecular complexity index is 13.9. The van der Waals surface area contributed by atoms with Crippen molar-refractivity contribution in [2.24, 2.45) is 0 Å². The minimum absolute atomic E-state index is 0. The second kappa shape index (κ2) is 9770. The molecule has 0 aliphatic carbocycles. The summed E-state index contributed by atoms with van der Waals surface area (Å²) >= 11 is 0. The van der Waals surface area contributed by atoms with Crippen LogP contribution in [0.15, 0.2) is 0 Å². The molecule has 0 saturated heterocycles. The van der Waals surface area contributed by atoms with E-state index in [1.165, 1.54) is 0 Å². The third-order valence-corrected chi connectivity index (χ3v) is 0. The number of rotatable bonds is 0. The summed E-state index contributed by atoms with van der Waals surface area (Å²) in [5.74, 6) is 0. The fourth-order valence-electron chi connectivity index (χ4n) is 0. The van der Waals surface area contributed by atoms with Gasteiger partial charge in [-0.2, -0.15) is 0 Å². The van der Waals surface area contributed by atoms with Crippen molar-refractivity contribution in [2.75, 3.05) is 0 Å². The van der Waals surface area contributed by atoms with Gasteiger partial charge in [0.2, 0.25) is 0 Å². The van der Waals surface area contributed by atoms with E-state index < -0.39 is 0 Å². The predicted molar refractivity (Wildman–Crippen MR) is 89.1 cm³/mol. The van der Waals surface area contributed by atoms with E-state index in [2.05, 4.69) is 0 Å². The molecule has 0 fully saturated rings. The Kier molecular flexibility index (Phi) is 117000. The Balaban J connectivity index is -0.00000000114. The maximum atomic E-state index is 2.00. The molecule has 0 aromatic carbocycles. The topological polar surface area (TPSA) is 70.0 Å². The molecule has 0 amide bonds. The van der Waals surface area contributed by atoms with Crippen LogP contribution in [0, 0.1) is 0 Å². The molecule has 0 aromatic rings. The third kappa shape index (κ3) is 7930. The Morgan fingerprint density at radius 3 is 0.312 bits per heavy atom. The molecule has 16 heavy (non-hydrogen) atoms. The van der Waals surface area contributed by atoms with E-state index in [0.29, 0.717) is 0 Å². The van der Waals surface area contributed by atoms with Gasteiger partial charge in [0.15, 0.2) is 0 Å². The van der Waals surface area contributed by atoms with Crippen LogP contribution in [0.2, 0.25) is 0 Å². The van der Waals surface area contributed by atoms with E-state index in [0.717, 1.165) is 0 Å². The van der Waals surface area contributed by atoms with Crippen LogP contribution in [0.1, 0.15) is 92.5 Å². The van der Waals surface area contributed by atoms with Gasteiger partial charge in [-0.15, -0.1) is 0 Å². The molecule has 0 aliphatic rings. The first-order valence-electron chi connectivity index (χ1n) is 4.00. The van der Waals surface area contributed by atoms with Gasteiger partial charge in [-0.05, 0) is 0 Å². The largest absolute Gasteiger partial charge is 0.344 e. The summed E-state index contributed by atoms with van der Waals surface area (Å²) in [6.45, 7) is 16.0. The van der Waals surface area contributed by atoms with Crippen molar-refractivity contribution < 1.29 is 20.4 Å². The molecule has 2 nitrogen and oxygen atoms in total. The molecule has 0 unspecified atom stereocenters. The van der Waals surface area contributed by atoms with Crippen LogP contribution < -0.4 is 12.3 Å². The Hall–Kier alpha value is 0.582. The van der Waals surface area contributed by atoms with Crippen LogP contribution in [0.5, 0.6) is 0 Å². The van der Waals surface area contributed by atoms with Gasteiger partial charge in [0.25, 0.3) is 0 Å². The van der Waals surface area contributed by atoms with Crippen molar-refractivity contribution >= 4 is 0 Å². The summed E-state index contributed by atoms with van der Waals surface area (Å²) in [7, 11) is 0. The molecular weight excluding hydrogens is 291 g/mol. The van der Waals surface area contributed by atoms with Crippen LogP contribution in [0.4, 0.5) is 0 Å². The van der Waals surface area contributed by atoms with Crippen molar-refractivity contribution in [1.82, 2.24) is 12.3 Å². The average Bonchev–Trinajstić information content (AvgIpc) is 2.03. The fourth-order valence-corrected chi connectivity index (χ4v) is 0. The molecule has 0 heterocycles. The quantitative estimate of drug-likeness (QED) is 0.445. The molecule has 6 N–H and O–H groups in total. The molecule has 0 aliphatic heterocycles. The van der Waals surface area contributed by atoms with Crippen molar-refractivity contribution in [3.8, 4) is 0 Å². The van der Waals surface area contributed by atoms with Crippen molar-refractivity contribution in [1.29, 1.82) is 0 Å². The summed E-state index contributed by atoms with van der Waals surface area (Å²) in [6, 6.07) is 0. The SMILES string of the molecule is C.C.C.C.C.CC.CC.CC.CC.N.N.[Pd]. The minimum atomic E-state index is 0. The van der Waals surface area contributed by atoms with Crippen LogP contribution in [0.3, 0.4) is 0 Å². The first-order chi connectivity index (χ1) is 4.00. The molecular formula is C13H50N2Pd. The maximum absolute atomic E-state index is 2.00. The summed E-state index contributed by atoms with van der Waals surface area (Å²) in [5, 5.41) is 0. The first kappa shape index (κ1) is 192. The van der Waals surface area contributed by atoms with Gasteiger partial charge in [0, 0.05) is 20.4 Å². The summed E-state index contributed by atoms with van der Waals surface area (Å²) in [4.78, 5) is 0. The van der Waals surface area contributed by atoms with Crippen LogP contribution in [0.25, 0.3) is 0 Å². The van der Waals surface area contributed by atoms with Gasteiger partial charge < -0.3 is 12.3 Å². The molecule has 122 valence electrons. The maximum Gasteiger partial charge on any atom is 0 e. The predicted octanol–water partition coefficient (Wildman–Crippen LogP) is 7.61. The second-order valence-electron chi connectivity index (χ2n) is 0. The number of hydrogen-bond donors (Lipinski definition) is 2. The molecule has 0 atom stereocenters. The van der Waals surface area contributed by atoms with Crippen LogP contribution >= 0.6 is 0 Å². The zero-order valence-corrected chi connectivity index (χ0v) is 11.3. The standard InChI is InChI=1S/4C2H6.5CH4.2H3N.Pd/c4*1-2;;;;;;;;/h4*1-2H3;5*1H4;2*1H3;. The monoisotopic (exact) mass is 340 g/mol. The van der Waals surface area contributed by atoms with Gasteiger partial charge in [-0.25, -0.2) is 0 Å². The fraction of sp³-hybridized carbons (Fsp3) is 1.00. The molecule has 0 bridgehead atoms. The summed E-state index contributed by atoms with van der Waals surface area (Å²) < 4.78 is 0. The average molecular weight is 341 g/mol. The van der Waals surface area contributed by atoms with E-state index in [4.69, 9.17) is 0 Å².